The minimum absolute atomic E-state index is 0.0728. The summed E-state index contributed by atoms with van der Waals surface area (Å²) in [4.78, 5) is 56.4. The van der Waals surface area contributed by atoms with Gasteiger partial charge in [-0.1, -0.05) is 59.7 Å². The SMILES string of the molecule is C=CCC1=CC2CC1C1C(=O)N(c3ccc(Cc4ccc(N5C(=O)C6C7C=C(CC=C)[C@H](C7)C6C5=O)cc4)cc3)C(=O)C21. The number of hydrogen-bond donors (Lipinski definition) is 0. The number of benzene rings is 2. The van der Waals surface area contributed by atoms with Crippen LogP contribution in [0.25, 0.3) is 0 Å². The first-order valence-electron chi connectivity index (χ1n) is 15.5. The van der Waals surface area contributed by atoms with Crippen molar-refractivity contribution in [3.8, 4) is 0 Å². The van der Waals surface area contributed by atoms with E-state index in [9.17, 15) is 19.2 Å². The molecule has 2 aliphatic heterocycles. The Morgan fingerprint density at radius 2 is 0.953 bits per heavy atom. The molecule has 6 nitrogen and oxygen atoms in total. The first-order valence-corrected chi connectivity index (χ1v) is 15.5. The molecule has 2 aromatic carbocycles. The van der Waals surface area contributed by atoms with Gasteiger partial charge in [-0.2, -0.15) is 0 Å². The standard InChI is InChI=1S/C37H34N2O4/c1-3-5-22-16-24-18-28(22)32-30(24)34(40)38(36(32)42)26-11-7-20(8-12-26)15-21-9-13-27(14-10-21)39-35(41)31-25-17-23(6-4-2)29(19-25)33(31)37(39)43/h3-4,7-14,16-17,24-25,28-33H,1-2,5-6,15,18-19H2/t24?,25?,28-,29?,30?,31?,32?,33?/m0/s1. The van der Waals surface area contributed by atoms with Gasteiger partial charge >= 0.3 is 0 Å². The molecule has 4 aliphatic carbocycles. The molecule has 0 radical (unpaired) electrons. The van der Waals surface area contributed by atoms with Crippen molar-refractivity contribution in [2.75, 3.05) is 9.80 Å². The van der Waals surface area contributed by atoms with Crippen molar-refractivity contribution in [1.82, 2.24) is 0 Å². The Morgan fingerprint density at radius 1 is 0.581 bits per heavy atom. The van der Waals surface area contributed by atoms with Crippen molar-refractivity contribution in [2.24, 2.45) is 47.3 Å². The predicted octanol–water partition coefficient (Wildman–Crippen LogP) is 5.79. The molecule has 4 amide bonds. The zero-order valence-electron chi connectivity index (χ0n) is 24.0. The van der Waals surface area contributed by atoms with Gasteiger partial charge in [0.2, 0.25) is 23.6 Å². The molecule has 6 aliphatic rings. The van der Waals surface area contributed by atoms with Gasteiger partial charge in [-0.05, 0) is 91.2 Å². The van der Waals surface area contributed by atoms with Gasteiger partial charge in [-0.3, -0.25) is 29.0 Å². The van der Waals surface area contributed by atoms with Crippen LogP contribution in [0.15, 0.2) is 97.1 Å². The van der Waals surface area contributed by atoms with Crippen LogP contribution in [0.4, 0.5) is 11.4 Å². The summed E-state index contributed by atoms with van der Waals surface area (Å²) in [7, 11) is 0. The largest absolute Gasteiger partial charge is 0.274 e. The predicted molar refractivity (Wildman–Crippen MR) is 164 cm³/mol. The Labute approximate surface area is 251 Å². The highest BCUT2D eigenvalue weighted by molar-refractivity contribution is 6.23. The number of amides is 4. The summed E-state index contributed by atoms with van der Waals surface area (Å²) in [5.41, 5.74) is 5.87. The van der Waals surface area contributed by atoms with E-state index in [4.69, 9.17) is 0 Å². The highest BCUT2D eigenvalue weighted by atomic mass is 16.2. The van der Waals surface area contributed by atoms with E-state index >= 15 is 0 Å². The fourth-order valence-corrected chi connectivity index (χ4v) is 9.29. The van der Waals surface area contributed by atoms with E-state index in [1.54, 1.807) is 0 Å². The topological polar surface area (TPSA) is 74.8 Å². The summed E-state index contributed by atoms with van der Waals surface area (Å²) in [6, 6.07) is 15.3. The smallest absolute Gasteiger partial charge is 0.238 e. The summed E-state index contributed by atoms with van der Waals surface area (Å²) in [5.74, 6) is -0.637. The molecule has 6 heteroatoms. The van der Waals surface area contributed by atoms with E-state index in [1.807, 2.05) is 60.7 Å². The maximum absolute atomic E-state index is 13.4. The highest BCUT2D eigenvalue weighted by Crippen LogP contribution is 2.58. The van der Waals surface area contributed by atoms with Crippen molar-refractivity contribution in [1.29, 1.82) is 0 Å². The molecule has 0 spiro atoms. The molecule has 43 heavy (non-hydrogen) atoms. The second-order valence-corrected chi connectivity index (χ2v) is 13.1. The number of anilines is 2. The molecular formula is C37H34N2O4. The average Bonchev–Trinajstić information content (AvgIpc) is 3.83. The first-order chi connectivity index (χ1) is 20.9. The molecule has 4 fully saturated rings. The summed E-state index contributed by atoms with van der Waals surface area (Å²) >= 11 is 0. The van der Waals surface area contributed by atoms with Gasteiger partial charge in [0.25, 0.3) is 0 Å². The van der Waals surface area contributed by atoms with Gasteiger partial charge < -0.3 is 0 Å². The van der Waals surface area contributed by atoms with Gasteiger partial charge in [0.05, 0.1) is 35.0 Å². The Hall–Kier alpha value is -4.32. The number of carbonyl (C=O) groups excluding carboxylic acids is 4. The second-order valence-electron chi connectivity index (χ2n) is 13.1. The molecule has 2 saturated heterocycles. The van der Waals surface area contributed by atoms with Crippen LogP contribution in [0.1, 0.15) is 36.8 Å². The zero-order valence-corrected chi connectivity index (χ0v) is 24.0. The monoisotopic (exact) mass is 570 g/mol. The molecule has 2 heterocycles. The van der Waals surface area contributed by atoms with Crippen molar-refractivity contribution >= 4 is 35.0 Å². The van der Waals surface area contributed by atoms with Crippen LogP contribution in [0, 0.1) is 47.3 Å². The molecule has 2 saturated carbocycles. The fraction of sp³-hybridized carbons (Fsp3) is 0.351. The number of fused-ring (bicyclic) bond motifs is 10. The molecule has 216 valence electrons. The van der Waals surface area contributed by atoms with Gasteiger partial charge in [-0.15, -0.1) is 13.2 Å². The van der Waals surface area contributed by atoms with Gasteiger partial charge in [0.1, 0.15) is 0 Å². The van der Waals surface area contributed by atoms with E-state index < -0.39 is 0 Å². The van der Waals surface area contributed by atoms with Crippen LogP contribution in [0.5, 0.6) is 0 Å². The Morgan fingerprint density at radius 3 is 1.33 bits per heavy atom. The lowest BCUT2D eigenvalue weighted by molar-refractivity contribution is -0.124. The molecule has 4 bridgehead atoms. The summed E-state index contributed by atoms with van der Waals surface area (Å²) in [5, 5.41) is 0. The lowest BCUT2D eigenvalue weighted by atomic mass is 9.80. The van der Waals surface area contributed by atoms with Crippen LogP contribution in [0.3, 0.4) is 0 Å². The number of rotatable bonds is 8. The quantitative estimate of drug-likeness (QED) is 0.297. The average molecular weight is 571 g/mol. The summed E-state index contributed by atoms with van der Waals surface area (Å²) in [6.45, 7) is 7.69. The molecule has 8 atom stereocenters. The minimum Gasteiger partial charge on any atom is -0.274 e. The van der Waals surface area contributed by atoms with Crippen LogP contribution in [-0.2, 0) is 25.6 Å². The molecule has 2 aromatic rings. The van der Waals surface area contributed by atoms with Gasteiger partial charge in [-0.25, -0.2) is 0 Å². The number of imide groups is 2. The summed E-state index contributed by atoms with van der Waals surface area (Å²) < 4.78 is 0. The molecule has 7 unspecified atom stereocenters. The van der Waals surface area contributed by atoms with Gasteiger partial charge in [0.15, 0.2) is 0 Å². The summed E-state index contributed by atoms with van der Waals surface area (Å²) in [6.07, 6.45) is 12.2. The van der Waals surface area contributed by atoms with Crippen LogP contribution in [0.2, 0.25) is 0 Å². The minimum atomic E-state index is -0.245. The third-order valence-corrected chi connectivity index (χ3v) is 11.0. The maximum atomic E-state index is 13.4. The second kappa shape index (κ2) is 9.60. The van der Waals surface area contributed by atoms with E-state index in [2.05, 4.69) is 25.3 Å². The third-order valence-electron chi connectivity index (χ3n) is 11.0. The van der Waals surface area contributed by atoms with E-state index in [0.717, 1.165) is 36.8 Å². The number of carbonyl (C=O) groups is 4. The first kappa shape index (κ1) is 26.3. The van der Waals surface area contributed by atoms with E-state index in [1.165, 1.54) is 20.9 Å². The molecule has 0 N–H and O–H groups in total. The fourth-order valence-electron chi connectivity index (χ4n) is 9.29. The van der Waals surface area contributed by atoms with Gasteiger partial charge in [0, 0.05) is 0 Å². The van der Waals surface area contributed by atoms with Crippen molar-refractivity contribution in [3.63, 3.8) is 0 Å². The molecule has 0 aromatic heterocycles. The highest BCUT2D eigenvalue weighted by Gasteiger charge is 2.62. The number of allylic oxidation sites excluding steroid dienone is 6. The maximum Gasteiger partial charge on any atom is 0.238 e. The van der Waals surface area contributed by atoms with Crippen LogP contribution < -0.4 is 9.80 Å². The molecular weight excluding hydrogens is 536 g/mol. The zero-order chi connectivity index (χ0) is 29.6. The molecule has 8 rings (SSSR count). The van der Waals surface area contributed by atoms with E-state index in [0.29, 0.717) is 17.8 Å². The lowest BCUT2D eigenvalue weighted by Crippen LogP contribution is -2.33. The van der Waals surface area contributed by atoms with Crippen LogP contribution in [-0.4, -0.2) is 23.6 Å². The van der Waals surface area contributed by atoms with Crippen molar-refractivity contribution < 1.29 is 19.2 Å². The van der Waals surface area contributed by atoms with Crippen LogP contribution >= 0.6 is 0 Å². The Balaban J connectivity index is 0.947. The Kier molecular flexibility index (Phi) is 5.87. The third kappa shape index (κ3) is 3.71. The van der Waals surface area contributed by atoms with E-state index in [-0.39, 0.29) is 71.0 Å². The number of hydrogen-bond acceptors (Lipinski definition) is 4. The Bertz CT molecular complexity index is 1540. The normalized spacial score (nSPS) is 33.3. The van der Waals surface area contributed by atoms with Crippen molar-refractivity contribution in [2.45, 2.75) is 32.1 Å². The van der Waals surface area contributed by atoms with Crippen molar-refractivity contribution in [3.05, 3.63) is 108 Å². The lowest BCUT2D eigenvalue weighted by Gasteiger charge is -2.21. The number of nitrogens with zero attached hydrogens (tertiary/aromatic N) is 2.